The molecule has 6 nitrogen and oxygen atoms in total. The average molecular weight is 371 g/mol. The van der Waals surface area contributed by atoms with Gasteiger partial charge in [-0.2, -0.15) is 0 Å². The number of sulfonamides is 1. The first-order valence-electron chi connectivity index (χ1n) is 8.76. The quantitative estimate of drug-likeness (QED) is 0.874. The van der Waals surface area contributed by atoms with E-state index in [4.69, 9.17) is 0 Å². The second-order valence-electron chi connectivity index (χ2n) is 6.94. The predicted octanol–water partition coefficient (Wildman–Crippen LogP) is 2.24. The van der Waals surface area contributed by atoms with Crippen LogP contribution in [0.3, 0.4) is 0 Å². The Kier molecular flexibility index (Phi) is 4.28. The Hall–Kier alpha value is -2.25. The number of carbonyl (C=O) groups is 1. The van der Waals surface area contributed by atoms with E-state index in [-0.39, 0.29) is 17.7 Å². The van der Waals surface area contributed by atoms with Crippen LogP contribution in [0.2, 0.25) is 0 Å². The number of nitrogens with one attached hydrogen (secondary N) is 1. The zero-order chi connectivity index (χ0) is 18.3. The maximum absolute atomic E-state index is 12.0. The molecule has 1 amide bonds. The normalized spacial score (nSPS) is 17.3. The number of anilines is 1. The van der Waals surface area contributed by atoms with Gasteiger partial charge in [-0.05, 0) is 54.2 Å². The first kappa shape index (κ1) is 17.2. The summed E-state index contributed by atoms with van der Waals surface area (Å²) < 4.78 is 26.6. The average Bonchev–Trinajstić information content (AvgIpc) is 3.49. The Morgan fingerprint density at radius 2 is 1.96 bits per heavy atom. The minimum atomic E-state index is -3.20. The van der Waals surface area contributed by atoms with Gasteiger partial charge in [-0.3, -0.25) is 9.78 Å². The van der Waals surface area contributed by atoms with Crippen LogP contribution in [-0.4, -0.2) is 31.6 Å². The van der Waals surface area contributed by atoms with Crippen molar-refractivity contribution in [3.8, 4) is 11.1 Å². The fraction of sp³-hybridized carbons (Fsp3) is 0.368. The number of nitrogens with zero attached hydrogens (tertiary/aromatic N) is 2. The number of benzene rings is 1. The van der Waals surface area contributed by atoms with Gasteiger partial charge in [-0.1, -0.05) is 6.07 Å². The number of carbonyl (C=O) groups excluding carboxylic acids is 1. The topological polar surface area (TPSA) is 79.4 Å². The molecule has 1 aromatic heterocycles. The molecule has 1 aliphatic heterocycles. The van der Waals surface area contributed by atoms with Crippen LogP contribution in [0.25, 0.3) is 11.1 Å². The van der Waals surface area contributed by atoms with E-state index in [2.05, 4.69) is 15.8 Å². The molecule has 0 atom stereocenters. The predicted molar refractivity (Wildman–Crippen MR) is 100 cm³/mol. The second-order valence-corrected chi connectivity index (χ2v) is 8.99. The molecule has 7 heteroatoms. The number of amides is 1. The van der Waals surface area contributed by atoms with Crippen LogP contribution in [0.5, 0.6) is 0 Å². The van der Waals surface area contributed by atoms with E-state index in [1.807, 2.05) is 18.2 Å². The molecule has 0 spiro atoms. The van der Waals surface area contributed by atoms with E-state index < -0.39 is 10.0 Å². The summed E-state index contributed by atoms with van der Waals surface area (Å²) in [5.74, 6) is 0.136. The minimum Gasteiger partial charge on any atom is -0.315 e. The van der Waals surface area contributed by atoms with Crippen LogP contribution in [0, 0.1) is 0 Å². The second kappa shape index (κ2) is 6.48. The van der Waals surface area contributed by atoms with Crippen molar-refractivity contribution < 1.29 is 13.2 Å². The van der Waals surface area contributed by atoms with E-state index in [1.165, 1.54) is 0 Å². The first-order valence-corrected chi connectivity index (χ1v) is 10.3. The summed E-state index contributed by atoms with van der Waals surface area (Å²) in [4.78, 5) is 17.8. The third-order valence-electron chi connectivity index (χ3n) is 4.99. The maximum Gasteiger partial charge on any atom is 0.227 e. The smallest absolute Gasteiger partial charge is 0.227 e. The largest absolute Gasteiger partial charge is 0.315 e. The molecule has 136 valence electrons. The van der Waals surface area contributed by atoms with Crippen molar-refractivity contribution in [2.45, 2.75) is 37.5 Å². The summed E-state index contributed by atoms with van der Waals surface area (Å²) in [6.45, 7) is 0.252. The first-order chi connectivity index (χ1) is 12.4. The number of aryl methyl sites for hydroxylation is 1. The van der Waals surface area contributed by atoms with Crippen molar-refractivity contribution in [3.05, 3.63) is 47.8 Å². The Balaban J connectivity index is 1.56. The van der Waals surface area contributed by atoms with Crippen LogP contribution >= 0.6 is 0 Å². The number of aromatic nitrogens is 1. The molecule has 0 unspecified atom stereocenters. The number of hydrogen-bond donors (Lipinski definition) is 1. The maximum atomic E-state index is 12.0. The number of hydrogen-bond acceptors (Lipinski definition) is 4. The highest BCUT2D eigenvalue weighted by Gasteiger charge is 2.35. The number of rotatable bonds is 5. The molecule has 0 saturated heterocycles. The summed E-state index contributed by atoms with van der Waals surface area (Å²) in [5.41, 5.74) is 4.88. The van der Waals surface area contributed by atoms with Crippen LogP contribution < -0.4 is 9.62 Å². The van der Waals surface area contributed by atoms with Gasteiger partial charge in [0.2, 0.25) is 15.9 Å². The van der Waals surface area contributed by atoms with Gasteiger partial charge in [-0.25, -0.2) is 13.1 Å². The van der Waals surface area contributed by atoms with Crippen LogP contribution in [0.15, 0.2) is 36.7 Å². The fourth-order valence-corrected chi connectivity index (χ4v) is 4.62. The van der Waals surface area contributed by atoms with Crippen molar-refractivity contribution >= 4 is 21.6 Å². The molecular weight excluding hydrogens is 350 g/mol. The molecule has 0 bridgehead atoms. The summed E-state index contributed by atoms with van der Waals surface area (Å²) in [6, 6.07) is 7.99. The standard InChI is InChI=1S/C19H21N3O3S/c1-22-18-6-2-14(9-15(18)3-7-19(22)23)16-8-13(10-20-12-16)11-21-26(24,25)17-4-5-17/h2,6,8-10,12,17,21H,3-5,7,11H2,1H3. The van der Waals surface area contributed by atoms with E-state index in [9.17, 15) is 13.2 Å². The molecule has 4 rings (SSSR count). The monoisotopic (exact) mass is 371 g/mol. The Bertz CT molecular complexity index is 968. The van der Waals surface area contributed by atoms with Gasteiger partial charge in [0.15, 0.2) is 0 Å². The van der Waals surface area contributed by atoms with Crippen LogP contribution in [0.4, 0.5) is 5.69 Å². The molecule has 0 radical (unpaired) electrons. The number of pyridine rings is 1. The van der Waals surface area contributed by atoms with Gasteiger partial charge >= 0.3 is 0 Å². The Labute approximate surface area is 153 Å². The lowest BCUT2D eigenvalue weighted by Gasteiger charge is -2.26. The molecule has 2 heterocycles. The van der Waals surface area contributed by atoms with Crippen molar-refractivity contribution in [1.29, 1.82) is 0 Å². The lowest BCUT2D eigenvalue weighted by molar-refractivity contribution is -0.118. The van der Waals surface area contributed by atoms with E-state index in [0.29, 0.717) is 6.42 Å². The van der Waals surface area contributed by atoms with Crippen LogP contribution in [-0.2, 0) is 27.8 Å². The summed E-state index contributed by atoms with van der Waals surface area (Å²) >= 11 is 0. The Morgan fingerprint density at radius 1 is 1.15 bits per heavy atom. The minimum absolute atomic E-state index is 0.136. The van der Waals surface area contributed by atoms with E-state index in [1.54, 1.807) is 24.3 Å². The van der Waals surface area contributed by atoms with Gasteiger partial charge in [0.05, 0.1) is 5.25 Å². The van der Waals surface area contributed by atoms with Crippen LogP contribution in [0.1, 0.15) is 30.4 Å². The molecule has 26 heavy (non-hydrogen) atoms. The van der Waals surface area contributed by atoms with Gasteiger partial charge in [-0.15, -0.1) is 0 Å². The molecular formula is C19H21N3O3S. The molecule has 1 aliphatic carbocycles. The summed E-state index contributed by atoms with van der Waals surface area (Å²) in [5, 5.41) is -0.223. The molecule has 2 aliphatic rings. The molecule has 1 aromatic carbocycles. The van der Waals surface area contributed by atoms with Crippen molar-refractivity contribution in [1.82, 2.24) is 9.71 Å². The van der Waals surface area contributed by atoms with Crippen molar-refractivity contribution in [2.75, 3.05) is 11.9 Å². The fourth-order valence-electron chi connectivity index (χ4n) is 3.26. The van der Waals surface area contributed by atoms with Gasteiger partial charge in [0.25, 0.3) is 0 Å². The van der Waals surface area contributed by atoms with Gasteiger partial charge in [0.1, 0.15) is 0 Å². The van der Waals surface area contributed by atoms with Crippen molar-refractivity contribution in [3.63, 3.8) is 0 Å². The molecule has 2 aromatic rings. The summed E-state index contributed by atoms with van der Waals surface area (Å²) in [6.07, 6.45) is 6.22. The zero-order valence-corrected chi connectivity index (χ0v) is 15.4. The lowest BCUT2D eigenvalue weighted by atomic mass is 9.96. The summed E-state index contributed by atoms with van der Waals surface area (Å²) in [7, 11) is -1.40. The highest BCUT2D eigenvalue weighted by Crippen LogP contribution is 2.31. The SMILES string of the molecule is CN1C(=O)CCc2cc(-c3cncc(CNS(=O)(=O)C4CC4)c3)ccc21. The molecule has 1 fully saturated rings. The van der Waals surface area contributed by atoms with Gasteiger partial charge in [0, 0.05) is 43.7 Å². The van der Waals surface area contributed by atoms with E-state index in [0.717, 1.165) is 47.2 Å². The van der Waals surface area contributed by atoms with Crippen molar-refractivity contribution in [2.24, 2.45) is 0 Å². The lowest BCUT2D eigenvalue weighted by Crippen LogP contribution is -2.30. The molecule has 1 N–H and O–H groups in total. The highest BCUT2D eigenvalue weighted by molar-refractivity contribution is 7.90. The highest BCUT2D eigenvalue weighted by atomic mass is 32.2. The molecule has 1 saturated carbocycles. The zero-order valence-electron chi connectivity index (χ0n) is 14.6. The number of fused-ring (bicyclic) bond motifs is 1. The Morgan fingerprint density at radius 3 is 2.73 bits per heavy atom. The van der Waals surface area contributed by atoms with Gasteiger partial charge < -0.3 is 4.90 Å². The van der Waals surface area contributed by atoms with E-state index >= 15 is 0 Å². The third-order valence-corrected chi connectivity index (χ3v) is 6.89. The third kappa shape index (κ3) is 3.37.